The zero-order chi connectivity index (χ0) is 16.8. The highest BCUT2D eigenvalue weighted by Gasteiger charge is 2.38. The van der Waals surface area contributed by atoms with Crippen molar-refractivity contribution in [3.63, 3.8) is 0 Å². The number of nitrogens with one attached hydrogen (secondary N) is 1. The van der Waals surface area contributed by atoms with E-state index in [0.717, 1.165) is 28.3 Å². The number of hydrogen-bond acceptors (Lipinski definition) is 3. The molecule has 2 aliphatic rings. The molecular formula is C19H17ClN2O2. The molecule has 3 atom stereocenters. The van der Waals surface area contributed by atoms with E-state index in [1.807, 2.05) is 18.2 Å². The Bertz CT molecular complexity index is 845. The molecule has 0 unspecified atom stereocenters. The molecular weight excluding hydrogens is 324 g/mol. The molecule has 0 saturated heterocycles. The van der Waals surface area contributed by atoms with Gasteiger partial charge in [-0.05, 0) is 48.1 Å². The van der Waals surface area contributed by atoms with Crippen molar-refractivity contribution in [2.24, 2.45) is 5.92 Å². The molecule has 4 nitrogen and oxygen atoms in total. The van der Waals surface area contributed by atoms with Crippen LogP contribution >= 0.6 is 11.6 Å². The lowest BCUT2D eigenvalue weighted by Crippen LogP contribution is -2.29. The molecule has 2 aromatic rings. The summed E-state index contributed by atoms with van der Waals surface area (Å²) in [4.78, 5) is 10.5. The number of fused-ring (bicyclic) bond motifs is 3. The average molecular weight is 341 g/mol. The van der Waals surface area contributed by atoms with Crippen LogP contribution in [0.4, 0.5) is 11.4 Å². The van der Waals surface area contributed by atoms with Crippen LogP contribution in [0.15, 0.2) is 48.6 Å². The number of anilines is 1. The minimum absolute atomic E-state index is 0.124. The Hall–Kier alpha value is -2.33. The van der Waals surface area contributed by atoms with Gasteiger partial charge in [0.05, 0.1) is 11.0 Å². The maximum atomic E-state index is 10.9. The molecule has 1 aliphatic carbocycles. The zero-order valence-corrected chi connectivity index (χ0v) is 14.0. The van der Waals surface area contributed by atoms with Crippen LogP contribution in [-0.2, 0) is 0 Å². The first kappa shape index (κ1) is 15.2. The largest absolute Gasteiger partial charge is 0.377 e. The van der Waals surface area contributed by atoms with Crippen molar-refractivity contribution in [2.75, 3.05) is 5.32 Å². The van der Waals surface area contributed by atoms with Gasteiger partial charge in [0, 0.05) is 28.8 Å². The normalized spacial score (nSPS) is 24.2. The second-order valence-electron chi connectivity index (χ2n) is 6.51. The molecule has 2 aromatic carbocycles. The molecule has 4 rings (SSSR count). The van der Waals surface area contributed by atoms with E-state index < -0.39 is 0 Å². The van der Waals surface area contributed by atoms with Gasteiger partial charge in [-0.25, -0.2) is 0 Å². The third-order valence-electron chi connectivity index (χ3n) is 5.09. The van der Waals surface area contributed by atoms with Crippen molar-refractivity contribution < 1.29 is 4.92 Å². The first-order valence-corrected chi connectivity index (χ1v) is 8.40. The van der Waals surface area contributed by atoms with E-state index in [-0.39, 0.29) is 16.7 Å². The Morgan fingerprint density at radius 1 is 1.25 bits per heavy atom. The molecule has 1 heterocycles. The molecule has 5 heteroatoms. The molecule has 122 valence electrons. The molecule has 0 bridgehead atoms. The number of non-ortho nitro benzene ring substituents is 1. The van der Waals surface area contributed by atoms with Gasteiger partial charge in [-0.3, -0.25) is 10.1 Å². The highest BCUT2D eigenvalue weighted by Crippen LogP contribution is 2.51. The van der Waals surface area contributed by atoms with Gasteiger partial charge in [0.2, 0.25) is 0 Å². The molecule has 1 N–H and O–H groups in total. The predicted molar refractivity (Wildman–Crippen MR) is 95.6 cm³/mol. The van der Waals surface area contributed by atoms with E-state index in [1.54, 1.807) is 12.1 Å². The predicted octanol–water partition coefficient (Wildman–Crippen LogP) is 5.38. The number of allylic oxidation sites excluding steroid dienone is 2. The maximum Gasteiger partial charge on any atom is 0.269 e. The van der Waals surface area contributed by atoms with Crippen molar-refractivity contribution in [1.29, 1.82) is 0 Å². The van der Waals surface area contributed by atoms with Crippen LogP contribution in [0.3, 0.4) is 0 Å². The summed E-state index contributed by atoms with van der Waals surface area (Å²) in [5, 5.41) is 15.3. The van der Waals surface area contributed by atoms with Crippen LogP contribution in [0.5, 0.6) is 0 Å². The standard InChI is InChI=1S/C19H17ClN2O2/c1-11-9-13(20)10-17-15-3-2-4-16(15)19(21-18(11)17)12-5-7-14(8-6-12)22(23)24/h2-3,5-10,15-16,19,21H,4H2,1H3/t15-,16+,19+/m0/s1. The van der Waals surface area contributed by atoms with Crippen LogP contribution in [0.25, 0.3) is 0 Å². The van der Waals surface area contributed by atoms with E-state index in [2.05, 4.69) is 30.5 Å². The third kappa shape index (κ3) is 2.38. The molecule has 0 aromatic heterocycles. The summed E-state index contributed by atoms with van der Waals surface area (Å²) < 4.78 is 0. The number of rotatable bonds is 2. The summed E-state index contributed by atoms with van der Waals surface area (Å²) in [6.07, 6.45) is 5.48. The fraction of sp³-hybridized carbons (Fsp3) is 0.263. The third-order valence-corrected chi connectivity index (χ3v) is 5.31. The van der Waals surface area contributed by atoms with Crippen molar-refractivity contribution in [3.8, 4) is 0 Å². The number of benzene rings is 2. The van der Waals surface area contributed by atoms with E-state index >= 15 is 0 Å². The lowest BCUT2D eigenvalue weighted by molar-refractivity contribution is -0.384. The highest BCUT2D eigenvalue weighted by atomic mass is 35.5. The topological polar surface area (TPSA) is 55.2 Å². The number of aryl methyl sites for hydroxylation is 1. The van der Waals surface area contributed by atoms with Crippen molar-refractivity contribution in [2.45, 2.75) is 25.3 Å². The van der Waals surface area contributed by atoms with Crippen LogP contribution in [-0.4, -0.2) is 4.92 Å². The smallest absolute Gasteiger partial charge is 0.269 e. The molecule has 0 saturated carbocycles. The van der Waals surface area contributed by atoms with Gasteiger partial charge in [-0.2, -0.15) is 0 Å². The zero-order valence-electron chi connectivity index (χ0n) is 13.2. The van der Waals surface area contributed by atoms with E-state index in [4.69, 9.17) is 11.6 Å². The lowest BCUT2D eigenvalue weighted by Gasteiger charge is -2.38. The fourth-order valence-corrected chi connectivity index (χ4v) is 4.26. The van der Waals surface area contributed by atoms with E-state index in [1.165, 1.54) is 5.56 Å². The molecule has 24 heavy (non-hydrogen) atoms. The minimum Gasteiger partial charge on any atom is -0.377 e. The first-order chi connectivity index (χ1) is 11.5. The Kier molecular flexibility index (Phi) is 3.57. The summed E-state index contributed by atoms with van der Waals surface area (Å²) in [6, 6.07) is 11.0. The number of nitro benzene ring substituents is 1. The Balaban J connectivity index is 1.76. The van der Waals surface area contributed by atoms with E-state index in [9.17, 15) is 10.1 Å². The van der Waals surface area contributed by atoms with Gasteiger partial charge in [-0.15, -0.1) is 0 Å². The van der Waals surface area contributed by atoms with Crippen molar-refractivity contribution in [1.82, 2.24) is 0 Å². The number of nitro groups is 1. The minimum atomic E-state index is -0.362. The summed E-state index contributed by atoms with van der Waals surface area (Å²) >= 11 is 6.26. The van der Waals surface area contributed by atoms with Crippen LogP contribution in [0.1, 0.15) is 35.1 Å². The molecule has 0 fully saturated rings. The second kappa shape index (κ2) is 5.64. The Morgan fingerprint density at radius 2 is 2.00 bits per heavy atom. The van der Waals surface area contributed by atoms with Crippen LogP contribution in [0.2, 0.25) is 5.02 Å². The fourth-order valence-electron chi connectivity index (χ4n) is 3.97. The summed E-state index contributed by atoms with van der Waals surface area (Å²) in [6.45, 7) is 2.06. The average Bonchev–Trinajstić information content (AvgIpc) is 3.04. The van der Waals surface area contributed by atoms with Gasteiger partial charge >= 0.3 is 0 Å². The molecule has 0 amide bonds. The van der Waals surface area contributed by atoms with Gasteiger partial charge in [0.15, 0.2) is 0 Å². The second-order valence-corrected chi connectivity index (χ2v) is 6.95. The number of halogens is 1. The summed E-state index contributed by atoms with van der Waals surface area (Å²) in [7, 11) is 0. The lowest BCUT2D eigenvalue weighted by atomic mass is 9.76. The van der Waals surface area contributed by atoms with Gasteiger partial charge < -0.3 is 5.32 Å². The van der Waals surface area contributed by atoms with Crippen molar-refractivity contribution in [3.05, 3.63) is 80.4 Å². The van der Waals surface area contributed by atoms with Crippen molar-refractivity contribution >= 4 is 23.0 Å². The molecule has 1 aliphatic heterocycles. The maximum absolute atomic E-state index is 10.9. The first-order valence-electron chi connectivity index (χ1n) is 8.02. The number of nitrogens with zero attached hydrogens (tertiary/aromatic N) is 1. The Labute approximate surface area is 145 Å². The van der Waals surface area contributed by atoms with Gasteiger partial charge in [0.1, 0.15) is 0 Å². The summed E-state index contributed by atoms with van der Waals surface area (Å²) in [5.41, 5.74) is 4.72. The number of hydrogen-bond donors (Lipinski definition) is 1. The molecule has 0 radical (unpaired) electrons. The Morgan fingerprint density at radius 3 is 2.71 bits per heavy atom. The van der Waals surface area contributed by atoms with Gasteiger partial charge in [0.25, 0.3) is 5.69 Å². The van der Waals surface area contributed by atoms with Crippen LogP contribution in [0, 0.1) is 23.0 Å². The van der Waals surface area contributed by atoms with Gasteiger partial charge in [-0.1, -0.05) is 35.9 Å². The summed E-state index contributed by atoms with van der Waals surface area (Å²) in [5.74, 6) is 0.732. The monoisotopic (exact) mass is 340 g/mol. The van der Waals surface area contributed by atoms with Crippen LogP contribution < -0.4 is 5.32 Å². The quantitative estimate of drug-likeness (QED) is 0.453. The van der Waals surface area contributed by atoms with E-state index in [0.29, 0.717) is 11.8 Å². The highest BCUT2D eigenvalue weighted by molar-refractivity contribution is 6.30. The molecule has 0 spiro atoms. The SMILES string of the molecule is Cc1cc(Cl)cc2c1N[C@H](c1ccc([N+](=O)[O-])cc1)[C@@H]1CC=C[C@H]21.